The molecule has 7 heteroatoms. The second-order valence-electron chi connectivity index (χ2n) is 6.61. The van der Waals surface area contributed by atoms with Crippen LogP contribution in [0.3, 0.4) is 0 Å². The van der Waals surface area contributed by atoms with E-state index >= 15 is 0 Å². The predicted octanol–water partition coefficient (Wildman–Crippen LogP) is 3.10. The second-order valence-corrected chi connectivity index (χ2v) is 8.26. The van der Waals surface area contributed by atoms with E-state index in [2.05, 4.69) is 9.88 Å². The van der Waals surface area contributed by atoms with Crippen molar-refractivity contribution in [3.8, 4) is 11.5 Å². The Morgan fingerprint density at radius 2 is 2.04 bits per heavy atom. The van der Waals surface area contributed by atoms with Gasteiger partial charge >= 0.3 is 0 Å². The lowest BCUT2D eigenvalue weighted by Crippen LogP contribution is -2.37. The molecule has 2 aliphatic rings. The normalized spacial score (nSPS) is 27.4. The molecule has 0 bridgehead atoms. The molecule has 2 saturated carbocycles. The lowest BCUT2D eigenvalue weighted by molar-refractivity contribution is 0.385. The standard InChI is InChI=1S/C16H20N2O4S/c1-10-9-15(22-17-10)14-7-8-16(21-14)23(19,20)18-13-6-5-11-3-2-4-12(11)13/h7-9,11-13,18H,2-6H2,1H3/t11-,12-,13-/m0/s1. The molecule has 0 aliphatic heterocycles. The Morgan fingerprint density at radius 3 is 2.83 bits per heavy atom. The Labute approximate surface area is 135 Å². The second kappa shape index (κ2) is 5.49. The van der Waals surface area contributed by atoms with Gasteiger partial charge in [-0.1, -0.05) is 18.0 Å². The third-order valence-electron chi connectivity index (χ3n) is 5.11. The Hall–Kier alpha value is -1.60. The van der Waals surface area contributed by atoms with Crippen LogP contribution in [-0.4, -0.2) is 19.6 Å². The monoisotopic (exact) mass is 336 g/mol. The van der Waals surface area contributed by atoms with Gasteiger partial charge in [0.1, 0.15) is 0 Å². The number of nitrogens with zero attached hydrogens (tertiary/aromatic N) is 1. The highest BCUT2D eigenvalue weighted by Gasteiger charge is 2.41. The molecule has 0 unspecified atom stereocenters. The van der Waals surface area contributed by atoms with E-state index in [0.717, 1.165) is 25.0 Å². The molecule has 3 atom stereocenters. The summed E-state index contributed by atoms with van der Waals surface area (Å²) in [4.78, 5) is 0. The van der Waals surface area contributed by atoms with E-state index in [0.29, 0.717) is 23.4 Å². The molecule has 1 N–H and O–H groups in total. The highest BCUT2D eigenvalue weighted by atomic mass is 32.2. The van der Waals surface area contributed by atoms with Crippen LogP contribution in [0.2, 0.25) is 0 Å². The molecular formula is C16H20N2O4S. The highest BCUT2D eigenvalue weighted by Crippen LogP contribution is 2.44. The Balaban J connectivity index is 1.54. The predicted molar refractivity (Wildman–Crippen MR) is 83.1 cm³/mol. The van der Waals surface area contributed by atoms with Crippen molar-refractivity contribution >= 4 is 10.0 Å². The van der Waals surface area contributed by atoms with Gasteiger partial charge in [-0.15, -0.1) is 0 Å². The number of aromatic nitrogens is 1. The quantitative estimate of drug-likeness (QED) is 0.927. The zero-order valence-corrected chi connectivity index (χ0v) is 13.8. The van der Waals surface area contributed by atoms with Crippen LogP contribution in [0.1, 0.15) is 37.8 Å². The third kappa shape index (κ3) is 2.72. The number of fused-ring (bicyclic) bond motifs is 1. The number of hydrogen-bond donors (Lipinski definition) is 1. The molecule has 0 aromatic carbocycles. The average molecular weight is 336 g/mol. The Morgan fingerprint density at radius 1 is 1.17 bits per heavy atom. The van der Waals surface area contributed by atoms with Gasteiger partial charge in [-0.25, -0.2) is 13.1 Å². The Kier molecular flexibility index (Phi) is 3.57. The van der Waals surface area contributed by atoms with Crippen LogP contribution >= 0.6 is 0 Å². The fourth-order valence-corrected chi connectivity index (χ4v) is 5.30. The summed E-state index contributed by atoms with van der Waals surface area (Å²) in [5.41, 5.74) is 0.720. The molecular weight excluding hydrogens is 316 g/mol. The number of aryl methyl sites for hydroxylation is 1. The molecule has 2 aromatic rings. The van der Waals surface area contributed by atoms with Crippen LogP contribution in [0.25, 0.3) is 11.5 Å². The molecule has 0 amide bonds. The summed E-state index contributed by atoms with van der Waals surface area (Å²) in [6, 6.07) is 4.81. The van der Waals surface area contributed by atoms with Gasteiger partial charge in [0.15, 0.2) is 5.76 Å². The van der Waals surface area contributed by atoms with Crippen LogP contribution in [-0.2, 0) is 10.0 Å². The molecule has 0 saturated heterocycles. The van der Waals surface area contributed by atoms with Crippen LogP contribution in [0, 0.1) is 18.8 Å². The van der Waals surface area contributed by atoms with Crippen molar-refractivity contribution in [1.82, 2.24) is 9.88 Å². The molecule has 23 heavy (non-hydrogen) atoms. The van der Waals surface area contributed by atoms with E-state index in [1.165, 1.54) is 18.9 Å². The molecule has 2 aliphatic carbocycles. The summed E-state index contributed by atoms with van der Waals surface area (Å²) >= 11 is 0. The van der Waals surface area contributed by atoms with Crippen molar-refractivity contribution in [2.75, 3.05) is 0 Å². The third-order valence-corrected chi connectivity index (χ3v) is 6.47. The fraction of sp³-hybridized carbons (Fsp3) is 0.562. The fourth-order valence-electron chi connectivity index (χ4n) is 4.04. The number of hydrogen-bond acceptors (Lipinski definition) is 5. The number of sulfonamides is 1. The SMILES string of the molecule is Cc1cc(-c2ccc(S(=O)(=O)N[C@H]3CC[C@@H]4CCC[C@@H]43)o2)on1. The van der Waals surface area contributed by atoms with E-state index in [4.69, 9.17) is 8.94 Å². The minimum absolute atomic E-state index is 0.0357. The summed E-state index contributed by atoms with van der Waals surface area (Å²) in [6.07, 6.45) is 5.61. The van der Waals surface area contributed by atoms with Gasteiger partial charge in [0.2, 0.25) is 10.9 Å². The first-order valence-electron chi connectivity index (χ1n) is 8.09. The van der Waals surface area contributed by atoms with E-state index in [-0.39, 0.29) is 11.1 Å². The van der Waals surface area contributed by atoms with Crippen molar-refractivity contribution in [1.29, 1.82) is 0 Å². The van der Waals surface area contributed by atoms with E-state index in [1.54, 1.807) is 19.1 Å². The molecule has 2 aromatic heterocycles. The lowest BCUT2D eigenvalue weighted by Gasteiger charge is -2.19. The maximum absolute atomic E-state index is 12.6. The van der Waals surface area contributed by atoms with Crippen LogP contribution in [0.15, 0.2) is 32.2 Å². The average Bonchev–Trinajstić information content (AvgIpc) is 3.22. The molecule has 0 spiro atoms. The van der Waals surface area contributed by atoms with Crippen molar-refractivity contribution in [3.63, 3.8) is 0 Å². The number of rotatable bonds is 4. The molecule has 0 radical (unpaired) electrons. The minimum Gasteiger partial charge on any atom is -0.440 e. The number of nitrogens with one attached hydrogen (secondary N) is 1. The van der Waals surface area contributed by atoms with E-state index < -0.39 is 10.0 Å². The van der Waals surface area contributed by atoms with Gasteiger partial charge in [0.05, 0.1) is 5.69 Å². The zero-order chi connectivity index (χ0) is 16.0. The van der Waals surface area contributed by atoms with Gasteiger partial charge in [0.25, 0.3) is 10.0 Å². The van der Waals surface area contributed by atoms with Gasteiger partial charge in [-0.2, -0.15) is 0 Å². The van der Waals surface area contributed by atoms with Gasteiger partial charge in [0, 0.05) is 12.1 Å². The first kappa shape index (κ1) is 15.0. The molecule has 124 valence electrons. The van der Waals surface area contributed by atoms with Crippen molar-refractivity contribution in [2.45, 2.75) is 50.2 Å². The van der Waals surface area contributed by atoms with Gasteiger partial charge in [-0.3, -0.25) is 0 Å². The number of furan rings is 1. The summed E-state index contributed by atoms with van der Waals surface area (Å²) in [6.45, 7) is 1.80. The lowest BCUT2D eigenvalue weighted by atomic mass is 9.98. The van der Waals surface area contributed by atoms with Crippen LogP contribution in [0.5, 0.6) is 0 Å². The van der Waals surface area contributed by atoms with Crippen LogP contribution < -0.4 is 4.72 Å². The largest absolute Gasteiger partial charge is 0.440 e. The summed E-state index contributed by atoms with van der Waals surface area (Å²) in [7, 11) is -3.64. The minimum atomic E-state index is -3.64. The van der Waals surface area contributed by atoms with Crippen molar-refractivity contribution in [2.24, 2.45) is 11.8 Å². The smallest absolute Gasteiger partial charge is 0.274 e. The summed E-state index contributed by atoms with van der Waals surface area (Å²) < 4.78 is 38.6. The topological polar surface area (TPSA) is 85.3 Å². The maximum Gasteiger partial charge on any atom is 0.274 e. The van der Waals surface area contributed by atoms with Crippen molar-refractivity contribution < 1.29 is 17.4 Å². The first-order chi connectivity index (χ1) is 11.0. The molecule has 2 fully saturated rings. The van der Waals surface area contributed by atoms with Crippen molar-refractivity contribution in [3.05, 3.63) is 23.9 Å². The van der Waals surface area contributed by atoms with E-state index in [1.807, 2.05) is 0 Å². The van der Waals surface area contributed by atoms with Crippen LogP contribution in [0.4, 0.5) is 0 Å². The van der Waals surface area contributed by atoms with Gasteiger partial charge in [-0.05, 0) is 50.2 Å². The first-order valence-corrected chi connectivity index (χ1v) is 9.57. The maximum atomic E-state index is 12.6. The zero-order valence-electron chi connectivity index (χ0n) is 13.0. The summed E-state index contributed by atoms with van der Waals surface area (Å²) in [5, 5.41) is 3.72. The molecule has 6 nitrogen and oxygen atoms in total. The van der Waals surface area contributed by atoms with E-state index in [9.17, 15) is 8.42 Å². The summed E-state index contributed by atoms with van der Waals surface area (Å²) in [5.74, 6) is 1.97. The van der Waals surface area contributed by atoms with Gasteiger partial charge < -0.3 is 8.94 Å². The highest BCUT2D eigenvalue weighted by molar-refractivity contribution is 7.89. The molecule has 2 heterocycles. The molecule has 4 rings (SSSR count). The Bertz CT molecular complexity index is 808.